The molecule has 0 aromatic heterocycles. The minimum absolute atomic E-state index is 0.151. The number of ketones is 2. The molecule has 1 fully saturated rings. The lowest BCUT2D eigenvalue weighted by Gasteiger charge is -2.42. The van der Waals surface area contributed by atoms with E-state index in [9.17, 15) is 24.3 Å². The van der Waals surface area contributed by atoms with Crippen LogP contribution in [0.5, 0.6) is 5.75 Å². The van der Waals surface area contributed by atoms with E-state index in [1.165, 1.54) is 11.0 Å². The number of fused-ring (bicyclic) bond motifs is 3. The largest absolute Gasteiger partial charge is 0.508 e. The number of imide groups is 1. The molecule has 0 bridgehead atoms. The van der Waals surface area contributed by atoms with E-state index in [0.29, 0.717) is 28.7 Å². The van der Waals surface area contributed by atoms with Gasteiger partial charge < -0.3 is 5.11 Å². The average molecular weight is 494 g/mol. The maximum atomic E-state index is 13.8. The molecule has 6 nitrogen and oxygen atoms in total. The van der Waals surface area contributed by atoms with Gasteiger partial charge in [-0.25, -0.2) is 0 Å². The zero-order valence-electron chi connectivity index (χ0n) is 20.7. The van der Waals surface area contributed by atoms with E-state index in [1.807, 2.05) is 42.5 Å². The second kappa shape index (κ2) is 8.51. The van der Waals surface area contributed by atoms with E-state index in [1.54, 1.807) is 26.0 Å². The molecule has 1 saturated heterocycles. The van der Waals surface area contributed by atoms with Crippen molar-refractivity contribution >= 4 is 23.4 Å². The molecule has 0 spiro atoms. The number of phenolic OH excluding ortho intramolecular Hbond substituents is 1. The fraction of sp³-hybridized carbons (Fsp3) is 0.290. The van der Waals surface area contributed by atoms with Crippen molar-refractivity contribution in [3.63, 3.8) is 0 Å². The van der Waals surface area contributed by atoms with Crippen LogP contribution in [0.25, 0.3) is 0 Å². The van der Waals surface area contributed by atoms with Gasteiger partial charge in [0.05, 0.1) is 18.4 Å². The minimum Gasteiger partial charge on any atom is -0.508 e. The first-order valence-electron chi connectivity index (χ1n) is 12.6. The Hall–Kier alpha value is -4.06. The van der Waals surface area contributed by atoms with Gasteiger partial charge in [-0.1, -0.05) is 54.1 Å². The molecule has 186 valence electrons. The molecule has 6 rings (SSSR count). The fourth-order valence-corrected chi connectivity index (χ4v) is 6.61. The quantitative estimate of drug-likeness (QED) is 0.390. The first kappa shape index (κ1) is 23.3. The number of nitrogens with zero attached hydrogens (tertiary/aromatic N) is 1. The first-order chi connectivity index (χ1) is 17.8. The molecule has 37 heavy (non-hydrogen) atoms. The molecule has 4 unspecified atom stereocenters. The van der Waals surface area contributed by atoms with Gasteiger partial charge in [0.1, 0.15) is 5.75 Å². The Balaban J connectivity index is 1.45. The Morgan fingerprint density at radius 1 is 0.946 bits per heavy atom. The average Bonchev–Trinajstić information content (AvgIpc) is 3.13. The van der Waals surface area contributed by atoms with Gasteiger partial charge in [0.25, 0.3) is 0 Å². The number of Topliss-reactive ketones (excluding diaryl/α,β-unsaturated/α-hetero) is 1. The molecule has 1 heterocycles. The Kier molecular flexibility index (Phi) is 5.37. The number of likely N-dealkylation sites (tertiary alicyclic amines) is 1. The first-order valence-corrected chi connectivity index (χ1v) is 12.6. The molecule has 0 radical (unpaired) electrons. The molecule has 2 aromatic rings. The lowest BCUT2D eigenvalue weighted by molar-refractivity contribution is -0.140. The van der Waals surface area contributed by atoms with Crippen molar-refractivity contribution in [3.05, 3.63) is 99.7 Å². The van der Waals surface area contributed by atoms with E-state index in [2.05, 4.69) is 0 Å². The monoisotopic (exact) mass is 493 g/mol. The Morgan fingerprint density at radius 3 is 2.43 bits per heavy atom. The number of allylic oxidation sites excluding steroid dienone is 6. The van der Waals surface area contributed by atoms with E-state index in [4.69, 9.17) is 0 Å². The number of phenols is 1. The lowest BCUT2D eigenvalue weighted by atomic mass is 9.59. The maximum Gasteiger partial charge on any atom is 0.234 e. The molecule has 0 saturated carbocycles. The number of amides is 2. The fourth-order valence-electron chi connectivity index (χ4n) is 6.61. The van der Waals surface area contributed by atoms with Crippen molar-refractivity contribution < 1.29 is 24.3 Å². The van der Waals surface area contributed by atoms with Gasteiger partial charge in [0, 0.05) is 22.6 Å². The number of hydrogen-bond acceptors (Lipinski definition) is 5. The van der Waals surface area contributed by atoms with Gasteiger partial charge >= 0.3 is 0 Å². The van der Waals surface area contributed by atoms with Crippen LogP contribution in [-0.4, -0.2) is 33.4 Å². The highest BCUT2D eigenvalue weighted by molar-refractivity contribution is 6.23. The van der Waals surface area contributed by atoms with Gasteiger partial charge in [0.15, 0.2) is 11.6 Å². The topological polar surface area (TPSA) is 91.8 Å². The SMILES string of the molecule is CC1=CC(=O)C2=C(CC3C(=CCC4C(=O)N(Cc5ccccc5)C(=O)C43)C2c2ccc(O)c(C)c2)C1=O. The molecule has 6 heteroatoms. The molecular formula is C31H27NO5. The summed E-state index contributed by atoms with van der Waals surface area (Å²) in [6.07, 6.45) is 4.10. The van der Waals surface area contributed by atoms with Crippen molar-refractivity contribution in [1.82, 2.24) is 4.90 Å². The molecular weight excluding hydrogens is 466 g/mol. The molecule has 3 aliphatic carbocycles. The normalized spacial score (nSPS) is 27.0. The highest BCUT2D eigenvalue weighted by Gasteiger charge is 2.56. The van der Waals surface area contributed by atoms with Crippen LogP contribution in [0, 0.1) is 24.7 Å². The maximum absolute atomic E-state index is 13.8. The third kappa shape index (κ3) is 3.54. The van der Waals surface area contributed by atoms with E-state index in [-0.39, 0.29) is 48.0 Å². The van der Waals surface area contributed by atoms with E-state index >= 15 is 0 Å². The number of benzene rings is 2. The summed E-state index contributed by atoms with van der Waals surface area (Å²) in [6, 6.07) is 14.7. The molecule has 4 atom stereocenters. The number of hydrogen-bond donors (Lipinski definition) is 1. The zero-order chi connectivity index (χ0) is 26.0. The summed E-state index contributed by atoms with van der Waals surface area (Å²) < 4.78 is 0. The summed E-state index contributed by atoms with van der Waals surface area (Å²) in [6.45, 7) is 3.66. The van der Waals surface area contributed by atoms with Crippen LogP contribution < -0.4 is 0 Å². The number of aromatic hydroxyl groups is 1. The van der Waals surface area contributed by atoms with Gasteiger partial charge in [-0.3, -0.25) is 24.1 Å². The highest BCUT2D eigenvalue weighted by atomic mass is 16.3. The summed E-state index contributed by atoms with van der Waals surface area (Å²) in [5.74, 6) is -2.48. The van der Waals surface area contributed by atoms with Crippen molar-refractivity contribution in [3.8, 4) is 5.75 Å². The summed E-state index contributed by atoms with van der Waals surface area (Å²) in [7, 11) is 0. The second-order valence-electron chi connectivity index (χ2n) is 10.5. The van der Waals surface area contributed by atoms with Crippen LogP contribution in [0.1, 0.15) is 42.4 Å². The van der Waals surface area contributed by atoms with Crippen LogP contribution in [-0.2, 0) is 25.7 Å². The van der Waals surface area contributed by atoms with E-state index < -0.39 is 17.8 Å². The third-order valence-corrected chi connectivity index (χ3v) is 8.39. The molecule has 2 aromatic carbocycles. The molecule has 4 aliphatic rings. The predicted octanol–water partition coefficient (Wildman–Crippen LogP) is 4.33. The lowest BCUT2D eigenvalue weighted by Crippen LogP contribution is -2.39. The molecule has 1 aliphatic heterocycles. The summed E-state index contributed by atoms with van der Waals surface area (Å²) >= 11 is 0. The van der Waals surface area contributed by atoms with Crippen LogP contribution >= 0.6 is 0 Å². The van der Waals surface area contributed by atoms with Crippen LogP contribution in [0.3, 0.4) is 0 Å². The van der Waals surface area contributed by atoms with Gasteiger partial charge in [-0.15, -0.1) is 0 Å². The van der Waals surface area contributed by atoms with Crippen molar-refractivity contribution in [2.45, 2.75) is 39.2 Å². The summed E-state index contributed by atoms with van der Waals surface area (Å²) in [5, 5.41) is 10.1. The van der Waals surface area contributed by atoms with Crippen molar-refractivity contribution in [2.24, 2.45) is 17.8 Å². The van der Waals surface area contributed by atoms with Crippen molar-refractivity contribution in [1.29, 1.82) is 0 Å². The van der Waals surface area contributed by atoms with Gasteiger partial charge in [0.2, 0.25) is 11.8 Å². The highest BCUT2D eigenvalue weighted by Crippen LogP contribution is 2.55. The van der Waals surface area contributed by atoms with Gasteiger partial charge in [-0.05, 0) is 61.4 Å². The second-order valence-corrected chi connectivity index (χ2v) is 10.5. The summed E-state index contributed by atoms with van der Waals surface area (Å²) in [4.78, 5) is 55.2. The number of aryl methyl sites for hydroxylation is 1. The number of carbonyl (C=O) groups excluding carboxylic acids is 4. The van der Waals surface area contributed by atoms with Crippen molar-refractivity contribution in [2.75, 3.05) is 0 Å². The zero-order valence-corrected chi connectivity index (χ0v) is 20.7. The predicted molar refractivity (Wildman–Crippen MR) is 136 cm³/mol. The third-order valence-electron chi connectivity index (χ3n) is 8.39. The number of carbonyl (C=O) groups is 4. The molecule has 1 N–H and O–H groups in total. The minimum atomic E-state index is -0.569. The smallest absolute Gasteiger partial charge is 0.234 e. The summed E-state index contributed by atoms with van der Waals surface area (Å²) in [5.41, 5.74) is 4.56. The Labute approximate surface area is 215 Å². The van der Waals surface area contributed by atoms with Crippen LogP contribution in [0.4, 0.5) is 0 Å². The van der Waals surface area contributed by atoms with E-state index in [0.717, 1.165) is 16.7 Å². The van der Waals surface area contributed by atoms with Gasteiger partial charge in [-0.2, -0.15) is 0 Å². The van der Waals surface area contributed by atoms with Crippen LogP contribution in [0.15, 0.2) is 83.0 Å². The van der Waals surface area contributed by atoms with Crippen LogP contribution in [0.2, 0.25) is 0 Å². The Morgan fingerprint density at radius 2 is 1.70 bits per heavy atom. The Bertz CT molecular complexity index is 1480. The molecule has 2 amide bonds. The standard InChI is InChI=1S/C31H27NO5/c1-16-12-19(8-11-24(16)33)26-20-9-10-21-27(22(20)14-23-28(26)25(34)13-17(2)29(23)35)31(37)32(30(21)36)15-18-6-4-3-5-7-18/h3-9,11-13,21-22,26-27,33H,10,14-15H2,1-2H3. The number of rotatable bonds is 3.